The number of thioether (sulfide) groups is 1. The highest BCUT2D eigenvalue weighted by molar-refractivity contribution is 7.99. The fraction of sp³-hybridized carbons (Fsp3) is 0.500. The second kappa shape index (κ2) is 5.24. The van der Waals surface area contributed by atoms with E-state index in [1.807, 2.05) is 30.0 Å². The van der Waals surface area contributed by atoms with Crippen molar-refractivity contribution in [3.8, 4) is 0 Å². The zero-order chi connectivity index (χ0) is 10.7. The summed E-state index contributed by atoms with van der Waals surface area (Å²) in [6, 6.07) is 8.03. The van der Waals surface area contributed by atoms with E-state index >= 15 is 0 Å². The number of hydrogen-bond donors (Lipinski definition) is 0. The van der Waals surface area contributed by atoms with Gasteiger partial charge in [-0.2, -0.15) is 0 Å². The summed E-state index contributed by atoms with van der Waals surface area (Å²) < 4.78 is 5.65. The van der Waals surface area contributed by atoms with E-state index < -0.39 is 0 Å². The Balaban J connectivity index is 1.83. The van der Waals surface area contributed by atoms with Crippen molar-refractivity contribution in [2.75, 3.05) is 6.61 Å². The normalized spacial score (nSPS) is 25.7. The summed E-state index contributed by atoms with van der Waals surface area (Å²) >= 11 is 7.79. The standard InChI is InChI=1S/C12H15ClOS/c1-9-5-12(14-7-9)15-8-10-3-2-4-11(13)6-10/h2-4,6,9,12H,5,7-8H2,1H3/t9-,12?/m1/s1. The van der Waals surface area contributed by atoms with Gasteiger partial charge in [0.25, 0.3) is 0 Å². The van der Waals surface area contributed by atoms with Crippen molar-refractivity contribution in [1.82, 2.24) is 0 Å². The van der Waals surface area contributed by atoms with Crippen LogP contribution in [-0.2, 0) is 10.5 Å². The fourth-order valence-corrected chi connectivity index (χ4v) is 3.08. The third-order valence-corrected chi connectivity index (χ3v) is 3.92. The maximum atomic E-state index is 5.92. The number of benzene rings is 1. The number of rotatable bonds is 3. The van der Waals surface area contributed by atoms with Crippen LogP contribution in [0.5, 0.6) is 0 Å². The molecule has 1 aromatic rings. The second-order valence-corrected chi connectivity index (χ2v) is 5.63. The van der Waals surface area contributed by atoms with Crippen LogP contribution in [0.25, 0.3) is 0 Å². The van der Waals surface area contributed by atoms with Crippen LogP contribution in [0.15, 0.2) is 24.3 Å². The Bertz CT molecular complexity index is 329. The highest BCUT2D eigenvalue weighted by atomic mass is 35.5. The maximum Gasteiger partial charge on any atom is 0.103 e. The van der Waals surface area contributed by atoms with Crippen LogP contribution in [0.2, 0.25) is 5.02 Å². The highest BCUT2D eigenvalue weighted by Gasteiger charge is 2.21. The Morgan fingerprint density at radius 3 is 3.07 bits per heavy atom. The van der Waals surface area contributed by atoms with Crippen molar-refractivity contribution in [2.24, 2.45) is 5.92 Å². The van der Waals surface area contributed by atoms with Gasteiger partial charge in [0.1, 0.15) is 5.44 Å². The fourth-order valence-electron chi connectivity index (χ4n) is 1.67. The van der Waals surface area contributed by atoms with Crippen LogP contribution in [0.4, 0.5) is 0 Å². The maximum absolute atomic E-state index is 5.92. The molecule has 0 N–H and O–H groups in total. The average Bonchev–Trinajstić information content (AvgIpc) is 2.62. The van der Waals surface area contributed by atoms with Gasteiger partial charge in [0.2, 0.25) is 0 Å². The molecule has 0 spiro atoms. The van der Waals surface area contributed by atoms with E-state index in [1.54, 1.807) is 0 Å². The number of ether oxygens (including phenoxy) is 1. The molecular weight excluding hydrogens is 228 g/mol. The average molecular weight is 243 g/mol. The lowest BCUT2D eigenvalue weighted by Gasteiger charge is -2.08. The van der Waals surface area contributed by atoms with Crippen molar-refractivity contribution in [3.05, 3.63) is 34.9 Å². The van der Waals surface area contributed by atoms with Crippen LogP contribution in [-0.4, -0.2) is 12.0 Å². The third kappa shape index (κ3) is 3.40. The summed E-state index contributed by atoms with van der Waals surface area (Å²) in [5, 5.41) is 0.814. The summed E-state index contributed by atoms with van der Waals surface area (Å²) in [5.74, 6) is 1.69. The highest BCUT2D eigenvalue weighted by Crippen LogP contribution is 2.30. The zero-order valence-corrected chi connectivity index (χ0v) is 10.4. The van der Waals surface area contributed by atoms with Gasteiger partial charge in [-0.25, -0.2) is 0 Å². The van der Waals surface area contributed by atoms with Gasteiger partial charge >= 0.3 is 0 Å². The molecule has 1 aliphatic rings. The first-order chi connectivity index (χ1) is 7.24. The molecular formula is C12H15ClOS. The molecule has 1 heterocycles. The smallest absolute Gasteiger partial charge is 0.103 e. The van der Waals surface area contributed by atoms with Crippen LogP contribution in [0.1, 0.15) is 18.9 Å². The molecule has 15 heavy (non-hydrogen) atoms. The summed E-state index contributed by atoms with van der Waals surface area (Å²) in [6.45, 7) is 3.15. The van der Waals surface area contributed by atoms with Gasteiger partial charge in [0.15, 0.2) is 0 Å². The topological polar surface area (TPSA) is 9.23 Å². The Hall–Kier alpha value is -0.180. The van der Waals surface area contributed by atoms with Crippen molar-refractivity contribution < 1.29 is 4.74 Å². The molecule has 0 saturated carbocycles. The van der Waals surface area contributed by atoms with Gasteiger partial charge in [-0.1, -0.05) is 30.7 Å². The minimum atomic E-state index is 0.374. The van der Waals surface area contributed by atoms with E-state index in [4.69, 9.17) is 16.3 Å². The summed E-state index contributed by atoms with van der Waals surface area (Å²) in [6.07, 6.45) is 1.17. The van der Waals surface area contributed by atoms with Crippen molar-refractivity contribution in [1.29, 1.82) is 0 Å². The van der Waals surface area contributed by atoms with E-state index in [1.165, 1.54) is 12.0 Å². The van der Waals surface area contributed by atoms with E-state index in [9.17, 15) is 0 Å². The molecule has 0 radical (unpaired) electrons. The molecule has 82 valence electrons. The minimum Gasteiger partial charge on any atom is -0.367 e. The SMILES string of the molecule is C[C@H]1COC(SCc2cccc(Cl)c2)C1. The first-order valence-electron chi connectivity index (χ1n) is 5.21. The largest absolute Gasteiger partial charge is 0.367 e. The lowest BCUT2D eigenvalue weighted by Crippen LogP contribution is -1.98. The Kier molecular flexibility index (Phi) is 3.95. The monoisotopic (exact) mass is 242 g/mol. The third-order valence-electron chi connectivity index (χ3n) is 2.49. The molecule has 1 aliphatic heterocycles. The molecule has 2 atom stereocenters. The first-order valence-corrected chi connectivity index (χ1v) is 6.64. The summed E-state index contributed by atoms with van der Waals surface area (Å²) in [5.41, 5.74) is 1.65. The Morgan fingerprint density at radius 1 is 1.53 bits per heavy atom. The lowest BCUT2D eigenvalue weighted by atomic mass is 10.2. The molecule has 1 nitrogen and oxygen atoms in total. The lowest BCUT2D eigenvalue weighted by molar-refractivity contribution is 0.166. The predicted octanol–water partition coefficient (Wildman–Crippen LogP) is 3.96. The molecule has 0 amide bonds. The molecule has 2 rings (SSSR count). The van der Waals surface area contributed by atoms with E-state index in [0.29, 0.717) is 11.4 Å². The van der Waals surface area contributed by atoms with Crippen LogP contribution in [0.3, 0.4) is 0 Å². The van der Waals surface area contributed by atoms with E-state index in [0.717, 1.165) is 17.4 Å². The van der Waals surface area contributed by atoms with Gasteiger partial charge in [0.05, 0.1) is 6.61 Å². The van der Waals surface area contributed by atoms with Gasteiger partial charge in [0, 0.05) is 10.8 Å². The zero-order valence-electron chi connectivity index (χ0n) is 8.78. The summed E-state index contributed by atoms with van der Waals surface area (Å²) in [4.78, 5) is 0. The molecule has 1 unspecified atom stereocenters. The molecule has 0 aromatic heterocycles. The van der Waals surface area contributed by atoms with Crippen molar-refractivity contribution in [2.45, 2.75) is 24.5 Å². The van der Waals surface area contributed by atoms with Crippen LogP contribution in [0, 0.1) is 5.92 Å². The Morgan fingerprint density at radius 2 is 2.40 bits per heavy atom. The van der Waals surface area contributed by atoms with Crippen LogP contribution >= 0.6 is 23.4 Å². The van der Waals surface area contributed by atoms with Gasteiger partial charge in [-0.05, 0) is 30.0 Å². The number of hydrogen-bond acceptors (Lipinski definition) is 2. The molecule has 0 bridgehead atoms. The summed E-state index contributed by atoms with van der Waals surface area (Å²) in [7, 11) is 0. The number of halogens is 1. The molecule has 1 saturated heterocycles. The molecule has 1 fully saturated rings. The molecule has 3 heteroatoms. The Labute approximate surface area is 100 Å². The van der Waals surface area contributed by atoms with Gasteiger partial charge in [-0.15, -0.1) is 11.8 Å². The first kappa shape index (κ1) is 11.3. The van der Waals surface area contributed by atoms with Crippen LogP contribution < -0.4 is 0 Å². The predicted molar refractivity (Wildman–Crippen MR) is 66.3 cm³/mol. The van der Waals surface area contributed by atoms with Crippen molar-refractivity contribution >= 4 is 23.4 Å². The van der Waals surface area contributed by atoms with Gasteiger partial charge in [-0.3, -0.25) is 0 Å². The molecule has 0 aliphatic carbocycles. The minimum absolute atomic E-state index is 0.374. The molecule has 1 aromatic carbocycles. The van der Waals surface area contributed by atoms with Crippen molar-refractivity contribution in [3.63, 3.8) is 0 Å². The van der Waals surface area contributed by atoms with Gasteiger partial charge < -0.3 is 4.74 Å². The second-order valence-electron chi connectivity index (χ2n) is 4.04. The quantitative estimate of drug-likeness (QED) is 0.794. The van der Waals surface area contributed by atoms with E-state index in [-0.39, 0.29) is 0 Å². The van der Waals surface area contributed by atoms with E-state index in [2.05, 4.69) is 13.0 Å².